The first-order valence-electron chi connectivity index (χ1n) is 10.3. The van der Waals surface area contributed by atoms with Gasteiger partial charge in [0.05, 0.1) is 18.5 Å². The minimum absolute atomic E-state index is 0.298. The normalized spacial score (nSPS) is 11.9. The van der Waals surface area contributed by atoms with Gasteiger partial charge in [-0.1, -0.05) is 18.2 Å². The van der Waals surface area contributed by atoms with Gasteiger partial charge in [-0.3, -0.25) is 9.59 Å². The topological polar surface area (TPSA) is 58.6 Å². The Kier molecular flexibility index (Phi) is 5.96. The van der Waals surface area contributed by atoms with Crippen LogP contribution in [0, 0.1) is 11.6 Å². The van der Waals surface area contributed by atoms with Gasteiger partial charge in [-0.15, -0.1) is 0 Å². The van der Waals surface area contributed by atoms with Crippen molar-refractivity contribution in [2.24, 2.45) is 0 Å². The zero-order chi connectivity index (χ0) is 23.7. The van der Waals surface area contributed by atoms with Gasteiger partial charge in [0.1, 0.15) is 17.4 Å². The summed E-state index contributed by atoms with van der Waals surface area (Å²) in [6.07, 6.45) is 0. The third kappa shape index (κ3) is 4.35. The summed E-state index contributed by atoms with van der Waals surface area (Å²) in [6, 6.07) is 17.2. The van der Waals surface area contributed by atoms with Crippen molar-refractivity contribution in [3.8, 4) is 16.9 Å². The second-order valence-electron chi connectivity index (χ2n) is 7.78. The van der Waals surface area contributed by atoms with Gasteiger partial charge in [-0.05, 0) is 54.4 Å². The van der Waals surface area contributed by atoms with Crippen molar-refractivity contribution >= 4 is 17.1 Å². The molecule has 0 saturated carbocycles. The quantitative estimate of drug-likeness (QED) is 0.395. The molecule has 0 aromatic heterocycles. The first-order chi connectivity index (χ1) is 15.8. The van der Waals surface area contributed by atoms with Crippen LogP contribution in [0.15, 0.2) is 76.3 Å². The molecule has 0 saturated heterocycles. The van der Waals surface area contributed by atoms with Crippen molar-refractivity contribution < 1.29 is 13.5 Å². The molecule has 0 bridgehead atoms. The molecule has 0 aliphatic rings. The van der Waals surface area contributed by atoms with Gasteiger partial charge >= 0.3 is 0 Å². The second kappa shape index (κ2) is 8.86. The number of rotatable bonds is 7. The minimum Gasteiger partial charge on any atom is -0.497 e. The summed E-state index contributed by atoms with van der Waals surface area (Å²) in [5.41, 5.74) is 2.66. The molecule has 0 amide bonds. The Bertz CT molecular complexity index is 1360. The molecule has 4 rings (SSSR count). The van der Waals surface area contributed by atoms with Crippen LogP contribution in [0.25, 0.3) is 11.1 Å². The van der Waals surface area contributed by atoms with E-state index in [1.165, 1.54) is 18.2 Å². The first kappa shape index (κ1) is 22.2. The molecule has 33 heavy (non-hydrogen) atoms. The van der Waals surface area contributed by atoms with Crippen LogP contribution >= 0.6 is 0 Å². The van der Waals surface area contributed by atoms with Crippen molar-refractivity contribution in [3.05, 3.63) is 104 Å². The van der Waals surface area contributed by atoms with E-state index in [2.05, 4.69) is 5.32 Å². The fraction of sp³-hybridized carbons (Fsp3) is 0.154. The summed E-state index contributed by atoms with van der Waals surface area (Å²) in [4.78, 5) is 25.2. The summed E-state index contributed by atoms with van der Waals surface area (Å²) in [7, 11) is 3.29. The van der Waals surface area contributed by atoms with Crippen molar-refractivity contribution in [1.29, 1.82) is 0 Å². The molecule has 0 radical (unpaired) electrons. The van der Waals surface area contributed by atoms with Crippen LogP contribution in [0.2, 0.25) is 0 Å². The number of anilines is 3. The van der Waals surface area contributed by atoms with Gasteiger partial charge in [0.25, 0.3) is 0 Å². The van der Waals surface area contributed by atoms with Crippen molar-refractivity contribution in [2.45, 2.75) is 13.0 Å². The van der Waals surface area contributed by atoms with Gasteiger partial charge in [-0.25, -0.2) is 8.78 Å². The van der Waals surface area contributed by atoms with E-state index in [0.717, 1.165) is 17.2 Å². The molecule has 0 heterocycles. The van der Waals surface area contributed by atoms with Crippen LogP contribution < -0.4 is 25.8 Å². The van der Waals surface area contributed by atoms with E-state index >= 15 is 0 Å². The van der Waals surface area contributed by atoms with Gasteiger partial charge in [0.15, 0.2) is 0 Å². The number of halogens is 2. The van der Waals surface area contributed by atoms with Gasteiger partial charge in [-0.2, -0.15) is 0 Å². The average molecular weight is 448 g/mol. The van der Waals surface area contributed by atoms with Crippen LogP contribution in [0.5, 0.6) is 5.75 Å². The molecule has 0 fully saturated rings. The molecular formula is C26H22F2N2O3. The van der Waals surface area contributed by atoms with Crippen molar-refractivity contribution in [3.63, 3.8) is 0 Å². The number of nitrogens with one attached hydrogen (secondary N) is 1. The van der Waals surface area contributed by atoms with Crippen LogP contribution in [-0.4, -0.2) is 14.2 Å². The SMILES string of the molecule is COc1ccc(-c2c(N[C@H](C)c3cc(F)cc(F)c3)cccc2N(C)c2cc(=O)c2=O)cc1. The maximum Gasteiger partial charge on any atom is 0.249 e. The molecule has 0 unspecified atom stereocenters. The number of ether oxygens (including phenoxy) is 1. The summed E-state index contributed by atoms with van der Waals surface area (Å²) in [6.45, 7) is 1.80. The second-order valence-corrected chi connectivity index (χ2v) is 7.78. The number of hydrogen-bond donors (Lipinski definition) is 1. The van der Waals surface area contributed by atoms with E-state index in [4.69, 9.17) is 4.74 Å². The van der Waals surface area contributed by atoms with Crippen molar-refractivity contribution in [1.82, 2.24) is 0 Å². The standard InChI is InChI=1S/C26H22F2N2O3/c1-15(17-11-18(27)13-19(28)12-17)29-21-5-4-6-22(30(2)23-14-24(31)26(23)32)25(21)16-7-9-20(33-3)10-8-16/h4-15,29H,1-3H3/t15-/m1/s1. The Hall–Kier alpha value is -4.00. The smallest absolute Gasteiger partial charge is 0.249 e. The summed E-state index contributed by atoms with van der Waals surface area (Å²) in [5.74, 6) is -0.615. The van der Waals surface area contributed by atoms with Crippen molar-refractivity contribution in [2.75, 3.05) is 24.4 Å². The predicted molar refractivity (Wildman–Crippen MR) is 126 cm³/mol. The fourth-order valence-corrected chi connectivity index (χ4v) is 3.83. The number of benzene rings is 3. The molecule has 168 valence electrons. The maximum absolute atomic E-state index is 13.8. The Morgan fingerprint density at radius 3 is 2.15 bits per heavy atom. The first-order valence-corrected chi connectivity index (χ1v) is 10.3. The fourth-order valence-electron chi connectivity index (χ4n) is 3.83. The third-order valence-electron chi connectivity index (χ3n) is 5.63. The van der Waals surface area contributed by atoms with Crippen LogP contribution in [-0.2, 0) is 0 Å². The van der Waals surface area contributed by atoms with E-state index in [1.54, 1.807) is 26.0 Å². The molecular weight excluding hydrogens is 426 g/mol. The molecule has 0 aliphatic heterocycles. The number of methoxy groups -OCH3 is 1. The molecule has 4 aromatic carbocycles. The average Bonchev–Trinajstić information content (AvgIpc) is 2.81. The summed E-state index contributed by atoms with van der Waals surface area (Å²) < 4.78 is 32.8. The minimum atomic E-state index is -0.650. The predicted octanol–water partition coefficient (Wildman–Crippen LogP) is 5.18. The van der Waals surface area contributed by atoms with Gasteiger partial charge in [0, 0.05) is 36.5 Å². The largest absolute Gasteiger partial charge is 0.497 e. The Balaban J connectivity index is 1.81. The maximum atomic E-state index is 13.8. The molecule has 7 heteroatoms. The van der Waals surface area contributed by atoms with E-state index in [-0.39, 0.29) is 0 Å². The highest BCUT2D eigenvalue weighted by molar-refractivity contribution is 5.91. The van der Waals surface area contributed by atoms with Crippen LogP contribution in [0.1, 0.15) is 18.5 Å². The zero-order valence-electron chi connectivity index (χ0n) is 18.4. The van der Waals surface area contributed by atoms with Crippen LogP contribution in [0.3, 0.4) is 0 Å². The Morgan fingerprint density at radius 1 is 0.909 bits per heavy atom. The van der Waals surface area contributed by atoms with E-state index < -0.39 is 28.5 Å². The molecule has 5 nitrogen and oxygen atoms in total. The lowest BCUT2D eigenvalue weighted by Gasteiger charge is -2.26. The molecule has 0 aliphatic carbocycles. The Labute approximate surface area is 189 Å². The van der Waals surface area contributed by atoms with E-state index in [1.807, 2.05) is 42.5 Å². The lowest BCUT2D eigenvalue weighted by Crippen LogP contribution is -2.35. The lowest BCUT2D eigenvalue weighted by molar-refractivity contribution is 0.415. The molecule has 4 aromatic rings. The van der Waals surface area contributed by atoms with E-state index in [0.29, 0.717) is 28.4 Å². The summed E-state index contributed by atoms with van der Waals surface area (Å²) in [5, 5.41) is 3.34. The zero-order valence-corrected chi connectivity index (χ0v) is 18.4. The summed E-state index contributed by atoms with van der Waals surface area (Å²) >= 11 is 0. The van der Waals surface area contributed by atoms with Gasteiger partial charge in [0.2, 0.25) is 10.9 Å². The number of hydrogen-bond acceptors (Lipinski definition) is 5. The lowest BCUT2D eigenvalue weighted by atomic mass is 9.98. The third-order valence-corrected chi connectivity index (χ3v) is 5.63. The Morgan fingerprint density at radius 2 is 1.58 bits per heavy atom. The van der Waals surface area contributed by atoms with Crippen LogP contribution in [0.4, 0.5) is 25.8 Å². The van der Waals surface area contributed by atoms with Gasteiger partial charge < -0.3 is 15.0 Å². The monoisotopic (exact) mass is 448 g/mol. The molecule has 1 atom stereocenters. The highest BCUT2D eigenvalue weighted by Gasteiger charge is 2.21. The highest BCUT2D eigenvalue weighted by Crippen LogP contribution is 2.40. The number of nitrogens with zero attached hydrogens (tertiary/aromatic N) is 1. The van der Waals surface area contributed by atoms with E-state index in [9.17, 15) is 18.4 Å². The molecule has 1 N–H and O–H groups in total. The highest BCUT2D eigenvalue weighted by atomic mass is 19.1. The molecule has 0 spiro atoms.